The van der Waals surface area contributed by atoms with Crippen molar-refractivity contribution in [3.05, 3.63) is 72.9 Å². The third-order valence-electron chi connectivity index (χ3n) is 1.97. The van der Waals surface area contributed by atoms with Crippen molar-refractivity contribution in [3.8, 4) is 0 Å². The third kappa shape index (κ3) is 9.72. The molecule has 1 radical (unpaired) electrons. The fraction of sp³-hybridized carbons (Fsp3) is 0.200. The average molecular weight is 379 g/mol. The van der Waals surface area contributed by atoms with Gasteiger partial charge in [0, 0.05) is 22.4 Å². The summed E-state index contributed by atoms with van der Waals surface area (Å²) in [6.07, 6.45) is 28.5. The van der Waals surface area contributed by atoms with Crippen LogP contribution < -0.4 is 0 Å². The molecule has 3 rings (SSSR count). The SMILES string of the molecule is C1=CCC=C1.C1=CCC=C1.C1=CCC=C1.[Ta]. The molecule has 3 aliphatic carbocycles. The van der Waals surface area contributed by atoms with Gasteiger partial charge in [-0.05, 0) is 19.3 Å². The Kier molecular flexibility index (Phi) is 11.6. The molecule has 0 aromatic rings. The molecule has 0 N–H and O–H groups in total. The summed E-state index contributed by atoms with van der Waals surface area (Å²) in [4.78, 5) is 0. The van der Waals surface area contributed by atoms with Gasteiger partial charge in [0.25, 0.3) is 0 Å². The van der Waals surface area contributed by atoms with Crippen molar-refractivity contribution in [1.82, 2.24) is 0 Å². The Bertz CT molecular complexity index is 232. The first-order valence-corrected chi connectivity index (χ1v) is 5.45. The van der Waals surface area contributed by atoms with Crippen LogP contribution in [0.5, 0.6) is 0 Å². The van der Waals surface area contributed by atoms with Crippen molar-refractivity contribution in [2.75, 3.05) is 0 Å². The van der Waals surface area contributed by atoms with Gasteiger partial charge in [-0.25, -0.2) is 0 Å². The summed E-state index contributed by atoms with van der Waals surface area (Å²) >= 11 is 0. The van der Waals surface area contributed by atoms with E-state index in [2.05, 4.69) is 72.9 Å². The fourth-order valence-corrected chi connectivity index (χ4v) is 1.18. The molecule has 0 bridgehead atoms. The van der Waals surface area contributed by atoms with Gasteiger partial charge < -0.3 is 0 Å². The Labute approximate surface area is 114 Å². The minimum Gasteiger partial charge on any atom is -0.0808 e. The summed E-state index contributed by atoms with van der Waals surface area (Å²) in [5.74, 6) is 0. The average Bonchev–Trinajstić information content (AvgIpc) is 3.09. The molecule has 0 amide bonds. The van der Waals surface area contributed by atoms with Gasteiger partial charge in [-0.15, -0.1) is 0 Å². The first-order valence-electron chi connectivity index (χ1n) is 5.45. The molecule has 0 aromatic carbocycles. The van der Waals surface area contributed by atoms with Crippen molar-refractivity contribution in [3.63, 3.8) is 0 Å². The molecule has 1 heteroatoms. The van der Waals surface area contributed by atoms with Gasteiger partial charge in [0.15, 0.2) is 0 Å². The van der Waals surface area contributed by atoms with Crippen LogP contribution in [0, 0.1) is 0 Å². The van der Waals surface area contributed by atoms with Crippen molar-refractivity contribution in [1.29, 1.82) is 0 Å². The van der Waals surface area contributed by atoms with Crippen LogP contribution in [0.15, 0.2) is 72.9 Å². The van der Waals surface area contributed by atoms with Crippen LogP contribution in [0.1, 0.15) is 19.3 Å². The predicted molar refractivity (Wildman–Crippen MR) is 68.7 cm³/mol. The van der Waals surface area contributed by atoms with E-state index in [1.807, 2.05) is 0 Å². The summed E-state index contributed by atoms with van der Waals surface area (Å²) in [5, 5.41) is 0. The number of allylic oxidation sites excluding steroid dienone is 12. The Morgan fingerprint density at radius 1 is 0.375 bits per heavy atom. The summed E-state index contributed by atoms with van der Waals surface area (Å²) < 4.78 is 0. The molecular formula is C15H18Ta. The van der Waals surface area contributed by atoms with Gasteiger partial charge in [0.2, 0.25) is 0 Å². The number of hydrogen-bond acceptors (Lipinski definition) is 0. The maximum Gasteiger partial charge on any atom is 0 e. The third-order valence-corrected chi connectivity index (χ3v) is 1.97. The van der Waals surface area contributed by atoms with E-state index >= 15 is 0 Å². The summed E-state index contributed by atoms with van der Waals surface area (Å²) in [6.45, 7) is 0. The van der Waals surface area contributed by atoms with Crippen LogP contribution in [-0.2, 0) is 22.4 Å². The second kappa shape index (κ2) is 12.3. The van der Waals surface area contributed by atoms with Gasteiger partial charge in [-0.1, -0.05) is 72.9 Å². The molecule has 0 atom stereocenters. The van der Waals surface area contributed by atoms with E-state index < -0.39 is 0 Å². The first kappa shape index (κ1) is 15.2. The van der Waals surface area contributed by atoms with E-state index in [0.29, 0.717) is 0 Å². The van der Waals surface area contributed by atoms with Crippen LogP contribution in [0.2, 0.25) is 0 Å². The molecule has 3 aliphatic rings. The summed E-state index contributed by atoms with van der Waals surface area (Å²) in [6, 6.07) is 0. The first-order chi connectivity index (χ1) is 7.50. The molecule has 0 heterocycles. The molecule has 0 unspecified atom stereocenters. The van der Waals surface area contributed by atoms with Gasteiger partial charge >= 0.3 is 0 Å². The largest absolute Gasteiger partial charge is 0.0808 e. The van der Waals surface area contributed by atoms with Crippen LogP contribution in [-0.4, -0.2) is 0 Å². The standard InChI is InChI=1S/3C5H6.Ta/c3*1-2-4-5-3-1;/h3*1-4H,5H2;. The topological polar surface area (TPSA) is 0 Å². The van der Waals surface area contributed by atoms with E-state index in [9.17, 15) is 0 Å². The number of hydrogen-bond donors (Lipinski definition) is 0. The minimum absolute atomic E-state index is 0. The van der Waals surface area contributed by atoms with E-state index in [4.69, 9.17) is 0 Å². The Morgan fingerprint density at radius 3 is 0.625 bits per heavy atom. The summed E-state index contributed by atoms with van der Waals surface area (Å²) in [7, 11) is 0. The molecule has 0 nitrogen and oxygen atoms in total. The monoisotopic (exact) mass is 379 g/mol. The van der Waals surface area contributed by atoms with Gasteiger partial charge in [-0.2, -0.15) is 0 Å². The van der Waals surface area contributed by atoms with Crippen molar-refractivity contribution < 1.29 is 22.4 Å². The second-order valence-corrected chi connectivity index (χ2v) is 3.28. The molecule has 0 aromatic heterocycles. The van der Waals surface area contributed by atoms with Gasteiger partial charge in [0.05, 0.1) is 0 Å². The molecule has 0 saturated heterocycles. The molecule has 0 aliphatic heterocycles. The molecular weight excluding hydrogens is 361 g/mol. The zero-order valence-electron chi connectivity index (χ0n) is 9.50. The smallest absolute Gasteiger partial charge is 0 e. The van der Waals surface area contributed by atoms with E-state index in [-0.39, 0.29) is 22.4 Å². The maximum atomic E-state index is 2.12. The van der Waals surface area contributed by atoms with E-state index in [1.54, 1.807) is 0 Å². The Hall–Kier alpha value is -0.820. The van der Waals surface area contributed by atoms with Gasteiger partial charge in [0.1, 0.15) is 0 Å². The van der Waals surface area contributed by atoms with Crippen LogP contribution in [0.4, 0.5) is 0 Å². The maximum absolute atomic E-state index is 2.12. The molecule has 83 valence electrons. The molecule has 0 saturated carbocycles. The van der Waals surface area contributed by atoms with E-state index in [1.165, 1.54) is 0 Å². The second-order valence-electron chi connectivity index (χ2n) is 3.28. The normalized spacial score (nSPS) is 16.5. The van der Waals surface area contributed by atoms with Crippen LogP contribution in [0.25, 0.3) is 0 Å². The Morgan fingerprint density at radius 2 is 0.562 bits per heavy atom. The van der Waals surface area contributed by atoms with Crippen LogP contribution >= 0.6 is 0 Å². The molecule has 16 heavy (non-hydrogen) atoms. The zero-order valence-corrected chi connectivity index (χ0v) is 12.7. The molecule has 0 spiro atoms. The predicted octanol–water partition coefficient (Wildman–Crippen LogP) is 4.51. The number of rotatable bonds is 0. The molecule has 0 fully saturated rings. The Balaban J connectivity index is 0.000000205. The van der Waals surface area contributed by atoms with Gasteiger partial charge in [-0.3, -0.25) is 0 Å². The fourth-order valence-electron chi connectivity index (χ4n) is 1.18. The van der Waals surface area contributed by atoms with Crippen LogP contribution in [0.3, 0.4) is 0 Å². The summed E-state index contributed by atoms with van der Waals surface area (Å²) in [5.41, 5.74) is 0. The van der Waals surface area contributed by atoms with Crippen molar-refractivity contribution >= 4 is 0 Å². The zero-order chi connectivity index (χ0) is 10.6. The minimum atomic E-state index is 0. The van der Waals surface area contributed by atoms with Crippen molar-refractivity contribution in [2.24, 2.45) is 0 Å². The quantitative estimate of drug-likeness (QED) is 0.581. The van der Waals surface area contributed by atoms with Crippen molar-refractivity contribution in [2.45, 2.75) is 19.3 Å². The van der Waals surface area contributed by atoms with E-state index in [0.717, 1.165) is 19.3 Å².